The first-order chi connectivity index (χ1) is 10.6. The van der Waals surface area contributed by atoms with Crippen LogP contribution in [0.4, 0.5) is 0 Å². The molecular formula is C15H17N3O4. The molecule has 0 bridgehead atoms. The Kier molecular flexibility index (Phi) is 3.95. The van der Waals surface area contributed by atoms with Crippen molar-refractivity contribution >= 4 is 5.91 Å². The van der Waals surface area contributed by atoms with Gasteiger partial charge in [0.2, 0.25) is 12.0 Å². The number of ether oxygens (including phenoxy) is 2. The van der Waals surface area contributed by atoms with E-state index in [1.165, 1.54) is 0 Å². The molecular weight excluding hydrogens is 286 g/mol. The van der Waals surface area contributed by atoms with E-state index in [1.807, 2.05) is 18.2 Å². The van der Waals surface area contributed by atoms with E-state index in [-0.39, 0.29) is 12.5 Å². The number of para-hydroxylation sites is 2. The van der Waals surface area contributed by atoms with Crippen LogP contribution in [-0.2, 0) is 11.2 Å². The molecule has 1 aliphatic heterocycles. The number of fused-ring (bicyclic) bond motifs is 1. The average molecular weight is 303 g/mol. The smallest absolute Gasteiger partial charge is 0.267 e. The van der Waals surface area contributed by atoms with Crippen LogP contribution in [0.1, 0.15) is 11.7 Å². The molecule has 2 aromatic rings. The van der Waals surface area contributed by atoms with Gasteiger partial charge in [0.15, 0.2) is 17.3 Å². The van der Waals surface area contributed by atoms with Crippen molar-refractivity contribution in [3.63, 3.8) is 0 Å². The van der Waals surface area contributed by atoms with Crippen LogP contribution in [0.15, 0.2) is 28.8 Å². The van der Waals surface area contributed by atoms with Crippen molar-refractivity contribution in [3.05, 3.63) is 36.0 Å². The Bertz CT molecular complexity index is 670. The largest absolute Gasteiger partial charge is 0.485 e. The number of benzene rings is 1. The van der Waals surface area contributed by atoms with Crippen molar-refractivity contribution in [2.75, 3.05) is 20.2 Å². The molecule has 1 aromatic carbocycles. The standard InChI is InChI=1S/C15H17N3O4/c1-10-16-14(17-22-10)7-8-18(2)15(19)13-9-20-11-5-3-4-6-12(11)21-13/h3-6,13H,7-9H2,1-2H3. The van der Waals surface area contributed by atoms with Crippen LogP contribution >= 0.6 is 0 Å². The van der Waals surface area contributed by atoms with Gasteiger partial charge in [0.05, 0.1) is 0 Å². The molecule has 116 valence electrons. The van der Waals surface area contributed by atoms with Gasteiger partial charge in [-0.05, 0) is 12.1 Å². The molecule has 1 aromatic heterocycles. The molecule has 2 heterocycles. The van der Waals surface area contributed by atoms with Crippen LogP contribution in [0.3, 0.4) is 0 Å². The van der Waals surface area contributed by atoms with Crippen LogP contribution in [0.2, 0.25) is 0 Å². The van der Waals surface area contributed by atoms with Gasteiger partial charge in [-0.25, -0.2) is 0 Å². The molecule has 0 fully saturated rings. The van der Waals surface area contributed by atoms with Gasteiger partial charge in [-0.1, -0.05) is 17.3 Å². The van der Waals surface area contributed by atoms with Gasteiger partial charge in [0.25, 0.3) is 5.91 Å². The summed E-state index contributed by atoms with van der Waals surface area (Å²) in [7, 11) is 1.72. The Morgan fingerprint density at radius 1 is 1.36 bits per heavy atom. The molecule has 7 heteroatoms. The van der Waals surface area contributed by atoms with Crippen LogP contribution in [0.25, 0.3) is 0 Å². The molecule has 1 unspecified atom stereocenters. The zero-order chi connectivity index (χ0) is 15.5. The Labute approximate surface area is 127 Å². The SMILES string of the molecule is Cc1nc(CCN(C)C(=O)C2COc3ccccc3O2)no1. The zero-order valence-electron chi connectivity index (χ0n) is 12.5. The lowest BCUT2D eigenvalue weighted by Crippen LogP contribution is -2.45. The van der Waals surface area contributed by atoms with Crippen LogP contribution < -0.4 is 9.47 Å². The minimum atomic E-state index is -0.632. The zero-order valence-corrected chi connectivity index (χ0v) is 12.5. The van der Waals surface area contributed by atoms with Gasteiger partial charge in [0, 0.05) is 26.9 Å². The predicted octanol–water partition coefficient (Wildman–Crippen LogP) is 1.22. The fourth-order valence-electron chi connectivity index (χ4n) is 2.21. The Hall–Kier alpha value is -2.57. The van der Waals surface area contributed by atoms with Crippen LogP contribution in [-0.4, -0.2) is 47.3 Å². The summed E-state index contributed by atoms with van der Waals surface area (Å²) < 4.78 is 16.2. The summed E-state index contributed by atoms with van der Waals surface area (Å²) in [6, 6.07) is 7.32. The van der Waals surface area contributed by atoms with Crippen molar-refractivity contribution in [1.29, 1.82) is 0 Å². The lowest BCUT2D eigenvalue weighted by atomic mass is 10.2. The van der Waals surface area contributed by atoms with Gasteiger partial charge in [-0.15, -0.1) is 0 Å². The Morgan fingerprint density at radius 2 is 2.14 bits per heavy atom. The molecule has 22 heavy (non-hydrogen) atoms. The molecule has 1 atom stereocenters. The third-order valence-electron chi connectivity index (χ3n) is 3.40. The topological polar surface area (TPSA) is 77.7 Å². The molecule has 1 amide bonds. The van der Waals surface area contributed by atoms with Gasteiger partial charge in [0.1, 0.15) is 6.61 Å². The number of carbonyl (C=O) groups excluding carboxylic acids is 1. The van der Waals surface area contributed by atoms with Crippen molar-refractivity contribution in [2.45, 2.75) is 19.4 Å². The second kappa shape index (κ2) is 6.05. The molecule has 0 spiro atoms. The maximum absolute atomic E-state index is 12.4. The summed E-state index contributed by atoms with van der Waals surface area (Å²) in [6.45, 7) is 2.43. The maximum atomic E-state index is 12.4. The van der Waals surface area contributed by atoms with E-state index in [0.717, 1.165) is 0 Å². The molecule has 3 rings (SSSR count). The summed E-state index contributed by atoms with van der Waals surface area (Å²) >= 11 is 0. The van der Waals surface area contributed by atoms with Gasteiger partial charge >= 0.3 is 0 Å². The number of aryl methyl sites for hydroxylation is 1. The highest BCUT2D eigenvalue weighted by atomic mass is 16.6. The molecule has 0 radical (unpaired) electrons. The average Bonchev–Trinajstić information content (AvgIpc) is 2.97. The van der Waals surface area contributed by atoms with E-state index in [0.29, 0.717) is 36.2 Å². The summed E-state index contributed by atoms with van der Waals surface area (Å²) in [5.74, 6) is 2.23. The third kappa shape index (κ3) is 3.03. The monoisotopic (exact) mass is 303 g/mol. The molecule has 0 aliphatic carbocycles. The van der Waals surface area contributed by atoms with Gasteiger partial charge in [-0.2, -0.15) is 4.98 Å². The second-order valence-corrected chi connectivity index (χ2v) is 5.10. The van der Waals surface area contributed by atoms with Crippen molar-refractivity contribution in [2.24, 2.45) is 0 Å². The first kappa shape index (κ1) is 14.4. The molecule has 0 saturated heterocycles. The fraction of sp³-hybridized carbons (Fsp3) is 0.400. The highest BCUT2D eigenvalue weighted by Gasteiger charge is 2.29. The molecule has 7 nitrogen and oxygen atoms in total. The first-order valence-electron chi connectivity index (χ1n) is 7.06. The summed E-state index contributed by atoms with van der Waals surface area (Å²) in [5, 5.41) is 3.81. The summed E-state index contributed by atoms with van der Waals surface area (Å²) in [6.07, 6.45) is -0.101. The number of carbonyl (C=O) groups is 1. The molecule has 0 N–H and O–H groups in total. The Morgan fingerprint density at radius 3 is 2.86 bits per heavy atom. The van der Waals surface area contributed by atoms with Crippen molar-refractivity contribution < 1.29 is 18.8 Å². The predicted molar refractivity (Wildman–Crippen MR) is 76.7 cm³/mol. The van der Waals surface area contributed by atoms with E-state index in [4.69, 9.17) is 14.0 Å². The maximum Gasteiger partial charge on any atom is 0.267 e. The fourth-order valence-corrected chi connectivity index (χ4v) is 2.21. The number of amides is 1. The number of rotatable bonds is 4. The highest BCUT2D eigenvalue weighted by Crippen LogP contribution is 2.31. The van der Waals surface area contributed by atoms with Crippen LogP contribution in [0, 0.1) is 6.92 Å². The lowest BCUT2D eigenvalue weighted by Gasteiger charge is -2.28. The summed E-state index contributed by atoms with van der Waals surface area (Å²) in [4.78, 5) is 18.1. The molecule has 0 saturated carbocycles. The lowest BCUT2D eigenvalue weighted by molar-refractivity contribution is -0.139. The number of aromatic nitrogens is 2. The van der Waals surface area contributed by atoms with E-state index >= 15 is 0 Å². The minimum Gasteiger partial charge on any atom is -0.485 e. The van der Waals surface area contributed by atoms with E-state index in [2.05, 4.69) is 10.1 Å². The van der Waals surface area contributed by atoms with Gasteiger partial charge < -0.3 is 18.9 Å². The van der Waals surface area contributed by atoms with Crippen molar-refractivity contribution in [3.8, 4) is 11.5 Å². The number of hydrogen-bond acceptors (Lipinski definition) is 6. The van der Waals surface area contributed by atoms with E-state index in [1.54, 1.807) is 24.9 Å². The number of hydrogen-bond donors (Lipinski definition) is 0. The second-order valence-electron chi connectivity index (χ2n) is 5.10. The Balaban J connectivity index is 1.57. The molecule has 1 aliphatic rings. The third-order valence-corrected chi connectivity index (χ3v) is 3.40. The normalized spacial score (nSPS) is 16.4. The van der Waals surface area contributed by atoms with Crippen molar-refractivity contribution in [1.82, 2.24) is 15.0 Å². The highest BCUT2D eigenvalue weighted by molar-refractivity contribution is 5.81. The number of nitrogens with zero attached hydrogens (tertiary/aromatic N) is 3. The quantitative estimate of drug-likeness (QED) is 0.845. The minimum absolute atomic E-state index is 0.130. The number of likely N-dealkylation sites (N-methyl/N-ethyl adjacent to an activating group) is 1. The van der Waals surface area contributed by atoms with E-state index in [9.17, 15) is 4.79 Å². The van der Waals surface area contributed by atoms with Gasteiger partial charge in [-0.3, -0.25) is 4.79 Å². The van der Waals surface area contributed by atoms with E-state index < -0.39 is 6.10 Å². The van der Waals surface area contributed by atoms with Crippen LogP contribution in [0.5, 0.6) is 11.5 Å². The first-order valence-corrected chi connectivity index (χ1v) is 7.06. The summed E-state index contributed by atoms with van der Waals surface area (Å²) in [5.41, 5.74) is 0.